The van der Waals surface area contributed by atoms with Gasteiger partial charge in [0.1, 0.15) is 17.9 Å². The SMILES string of the molecule is CC1=C[C@]2(C)/C=C(C)/C=C/C[C@@H](O)/C=C3C=C/C(=C4/C(=O)O[C@]2(C[C@@H]1C)C4=O)OC/3. The number of carbonyl (C=O) groups is 2. The van der Waals surface area contributed by atoms with Crippen molar-refractivity contribution in [1.29, 1.82) is 0 Å². The van der Waals surface area contributed by atoms with Gasteiger partial charge in [0.05, 0.1) is 11.5 Å². The number of esters is 1. The standard InChI is InChI=1S/C25H28O5/c1-15-6-5-7-19(26)10-18-8-9-20(29-14-18)21-22(27)25(30-23(21)28)13-17(3)16(2)12-24(25,4)11-15/h5-6,8-12,17,19,26H,7,13-14H2,1-4H3/b6-5+,15-11+,18-10-,21-20-/t17-,19+,24-,25+/m0/s1. The maximum atomic E-state index is 13.8. The van der Waals surface area contributed by atoms with Gasteiger partial charge in [0, 0.05) is 6.42 Å². The Morgan fingerprint density at radius 3 is 2.60 bits per heavy atom. The summed E-state index contributed by atoms with van der Waals surface area (Å²) in [6.07, 6.45) is 13.3. The molecule has 4 atom stereocenters. The minimum Gasteiger partial charge on any atom is -0.488 e. The van der Waals surface area contributed by atoms with Crippen LogP contribution in [0.15, 0.2) is 70.6 Å². The van der Waals surface area contributed by atoms with Crippen molar-refractivity contribution in [3.05, 3.63) is 70.6 Å². The largest absolute Gasteiger partial charge is 0.488 e. The monoisotopic (exact) mass is 408 g/mol. The Morgan fingerprint density at radius 2 is 1.90 bits per heavy atom. The minimum atomic E-state index is -1.30. The molecular formula is C25H28O5. The molecule has 0 saturated carbocycles. The van der Waals surface area contributed by atoms with E-state index in [2.05, 4.69) is 13.0 Å². The third-order valence-corrected chi connectivity index (χ3v) is 6.62. The first kappa shape index (κ1) is 20.6. The molecule has 5 aliphatic rings. The van der Waals surface area contributed by atoms with Crippen LogP contribution in [0.1, 0.15) is 40.5 Å². The number of allylic oxidation sites excluding steroid dienone is 4. The number of aliphatic hydroxyl groups is 1. The predicted molar refractivity (Wildman–Crippen MR) is 113 cm³/mol. The second-order valence-corrected chi connectivity index (χ2v) is 9.02. The van der Waals surface area contributed by atoms with Crippen molar-refractivity contribution in [1.82, 2.24) is 0 Å². The van der Waals surface area contributed by atoms with E-state index in [1.807, 2.05) is 39.0 Å². The van der Waals surface area contributed by atoms with Gasteiger partial charge in [-0.2, -0.15) is 0 Å². The second-order valence-electron chi connectivity index (χ2n) is 9.02. The molecule has 0 aromatic carbocycles. The molecule has 5 rings (SSSR count). The third kappa shape index (κ3) is 3.21. The Bertz CT molecular complexity index is 989. The highest BCUT2D eigenvalue weighted by Crippen LogP contribution is 2.53. The molecule has 1 N–H and O–H groups in total. The van der Waals surface area contributed by atoms with Crippen LogP contribution in [-0.4, -0.2) is 35.2 Å². The van der Waals surface area contributed by atoms with E-state index in [4.69, 9.17) is 9.47 Å². The number of Topliss-reactive ketones (excluding diaryl/α,β-unsaturated/α-hetero) is 1. The molecule has 3 aliphatic heterocycles. The molecule has 0 radical (unpaired) electrons. The topological polar surface area (TPSA) is 72.8 Å². The average molecular weight is 408 g/mol. The molecule has 3 heterocycles. The van der Waals surface area contributed by atoms with Gasteiger partial charge in [-0.15, -0.1) is 0 Å². The van der Waals surface area contributed by atoms with Crippen LogP contribution in [0.25, 0.3) is 0 Å². The number of rotatable bonds is 0. The van der Waals surface area contributed by atoms with Crippen LogP contribution in [0.2, 0.25) is 0 Å². The second kappa shape index (κ2) is 7.24. The summed E-state index contributed by atoms with van der Waals surface area (Å²) in [5, 5.41) is 10.3. The highest BCUT2D eigenvalue weighted by atomic mass is 16.6. The number of ether oxygens (including phenoxy) is 2. The number of hydrogen-bond acceptors (Lipinski definition) is 5. The number of hydrogen-bond donors (Lipinski definition) is 1. The lowest BCUT2D eigenvalue weighted by Crippen LogP contribution is -2.53. The predicted octanol–water partition coefficient (Wildman–Crippen LogP) is 3.88. The zero-order chi connectivity index (χ0) is 21.7. The van der Waals surface area contributed by atoms with Crippen molar-refractivity contribution in [3.63, 3.8) is 0 Å². The molecule has 1 saturated heterocycles. The highest BCUT2D eigenvalue weighted by molar-refractivity contribution is 6.26. The van der Waals surface area contributed by atoms with Gasteiger partial charge in [0.15, 0.2) is 5.60 Å². The lowest BCUT2D eigenvalue weighted by atomic mass is 9.61. The van der Waals surface area contributed by atoms with Gasteiger partial charge in [-0.3, -0.25) is 4.79 Å². The smallest absolute Gasteiger partial charge is 0.346 e. The van der Waals surface area contributed by atoms with Gasteiger partial charge >= 0.3 is 5.97 Å². The molecule has 5 nitrogen and oxygen atoms in total. The summed E-state index contributed by atoms with van der Waals surface area (Å²) in [6.45, 7) is 8.19. The maximum Gasteiger partial charge on any atom is 0.346 e. The quantitative estimate of drug-likeness (QED) is 0.374. The minimum absolute atomic E-state index is 0.0197. The molecule has 4 bridgehead atoms. The molecular weight excluding hydrogens is 380 g/mol. The fraction of sp³-hybridized carbons (Fsp3) is 0.440. The lowest BCUT2D eigenvalue weighted by Gasteiger charge is -2.45. The van der Waals surface area contributed by atoms with Crippen LogP contribution in [0.5, 0.6) is 0 Å². The van der Waals surface area contributed by atoms with Crippen molar-refractivity contribution in [2.24, 2.45) is 11.3 Å². The van der Waals surface area contributed by atoms with Gasteiger partial charge < -0.3 is 14.6 Å². The Morgan fingerprint density at radius 1 is 1.13 bits per heavy atom. The van der Waals surface area contributed by atoms with E-state index in [0.717, 1.165) is 16.7 Å². The summed E-state index contributed by atoms with van der Waals surface area (Å²) < 4.78 is 11.7. The van der Waals surface area contributed by atoms with E-state index in [-0.39, 0.29) is 29.6 Å². The molecule has 0 amide bonds. The van der Waals surface area contributed by atoms with E-state index < -0.39 is 23.1 Å². The molecule has 0 aromatic rings. The number of ketones is 1. The molecule has 1 fully saturated rings. The van der Waals surface area contributed by atoms with Crippen molar-refractivity contribution in [2.45, 2.75) is 52.2 Å². The zero-order valence-corrected chi connectivity index (χ0v) is 17.9. The molecule has 1 spiro atoms. The van der Waals surface area contributed by atoms with Crippen molar-refractivity contribution >= 4 is 11.8 Å². The number of aliphatic hydroxyl groups excluding tert-OH is 1. The molecule has 2 aliphatic carbocycles. The van der Waals surface area contributed by atoms with E-state index in [1.165, 1.54) is 0 Å². The summed E-state index contributed by atoms with van der Waals surface area (Å²) in [5.74, 6) is -0.603. The van der Waals surface area contributed by atoms with Crippen molar-refractivity contribution in [2.75, 3.05) is 6.61 Å². The Kier molecular flexibility index (Phi) is 4.97. The zero-order valence-electron chi connectivity index (χ0n) is 17.9. The molecule has 0 aromatic heterocycles. The number of carbonyl (C=O) groups excluding carboxylic acids is 2. The number of fused-ring (bicyclic) bond motifs is 5. The fourth-order valence-corrected chi connectivity index (χ4v) is 4.88. The normalized spacial score (nSPS) is 43.2. The lowest BCUT2D eigenvalue weighted by molar-refractivity contribution is -0.162. The summed E-state index contributed by atoms with van der Waals surface area (Å²) in [7, 11) is 0. The van der Waals surface area contributed by atoms with Crippen LogP contribution < -0.4 is 0 Å². The molecule has 5 heteroatoms. The first-order chi connectivity index (χ1) is 14.1. The van der Waals surface area contributed by atoms with Crippen LogP contribution in [0.3, 0.4) is 0 Å². The third-order valence-electron chi connectivity index (χ3n) is 6.62. The van der Waals surface area contributed by atoms with Gasteiger partial charge in [0.25, 0.3) is 0 Å². The van der Waals surface area contributed by atoms with Gasteiger partial charge in [-0.1, -0.05) is 48.5 Å². The van der Waals surface area contributed by atoms with E-state index in [0.29, 0.717) is 12.8 Å². The summed E-state index contributed by atoms with van der Waals surface area (Å²) >= 11 is 0. The molecule has 0 unspecified atom stereocenters. The van der Waals surface area contributed by atoms with Crippen molar-refractivity contribution in [3.8, 4) is 0 Å². The first-order valence-electron chi connectivity index (χ1n) is 10.4. The molecule has 30 heavy (non-hydrogen) atoms. The Hall–Kier alpha value is -2.66. The van der Waals surface area contributed by atoms with E-state index >= 15 is 0 Å². The summed E-state index contributed by atoms with van der Waals surface area (Å²) in [6, 6.07) is 0. The van der Waals surface area contributed by atoms with Crippen LogP contribution in [0.4, 0.5) is 0 Å². The fourth-order valence-electron chi connectivity index (χ4n) is 4.88. The van der Waals surface area contributed by atoms with Crippen LogP contribution in [0, 0.1) is 11.3 Å². The van der Waals surface area contributed by atoms with Gasteiger partial charge in [-0.25, -0.2) is 4.79 Å². The molecule has 158 valence electrons. The van der Waals surface area contributed by atoms with Crippen molar-refractivity contribution < 1.29 is 24.2 Å². The van der Waals surface area contributed by atoms with Crippen LogP contribution >= 0.6 is 0 Å². The first-order valence-corrected chi connectivity index (χ1v) is 10.4. The van der Waals surface area contributed by atoms with E-state index in [9.17, 15) is 14.7 Å². The van der Waals surface area contributed by atoms with Crippen LogP contribution in [-0.2, 0) is 19.1 Å². The van der Waals surface area contributed by atoms with Gasteiger partial charge in [-0.05, 0) is 50.8 Å². The van der Waals surface area contributed by atoms with Gasteiger partial charge in [0.2, 0.25) is 5.78 Å². The summed E-state index contributed by atoms with van der Waals surface area (Å²) in [4.78, 5) is 26.7. The Labute approximate surface area is 177 Å². The Balaban J connectivity index is 1.95. The average Bonchev–Trinajstić information content (AvgIpc) is 2.91. The van der Waals surface area contributed by atoms with E-state index in [1.54, 1.807) is 18.2 Å². The highest BCUT2D eigenvalue weighted by Gasteiger charge is 2.64. The summed E-state index contributed by atoms with van der Waals surface area (Å²) in [5.41, 5.74) is 0.782. The maximum absolute atomic E-state index is 13.8.